The van der Waals surface area contributed by atoms with Crippen molar-refractivity contribution in [2.75, 3.05) is 6.67 Å². The summed E-state index contributed by atoms with van der Waals surface area (Å²) in [6.07, 6.45) is 3.55. The summed E-state index contributed by atoms with van der Waals surface area (Å²) in [7, 11) is 1.93. The van der Waals surface area contributed by atoms with Gasteiger partial charge in [-0.2, -0.15) is 10.2 Å². The number of aromatic nitrogens is 4. The molecule has 5 nitrogen and oxygen atoms in total. The van der Waals surface area contributed by atoms with Crippen molar-refractivity contribution < 1.29 is 4.39 Å². The maximum absolute atomic E-state index is 12.3. The van der Waals surface area contributed by atoms with Gasteiger partial charge in [-0.1, -0.05) is 0 Å². The van der Waals surface area contributed by atoms with Crippen LogP contribution in [0.5, 0.6) is 0 Å². The molecule has 0 bridgehead atoms. The molecule has 6 heteroatoms. The molecular weight excluding hydrogens is 233 g/mol. The van der Waals surface area contributed by atoms with Gasteiger partial charge in [-0.3, -0.25) is 9.36 Å². The maximum atomic E-state index is 12.3. The van der Waals surface area contributed by atoms with Crippen molar-refractivity contribution in [3.8, 4) is 0 Å². The number of rotatable bonds is 6. The summed E-state index contributed by atoms with van der Waals surface area (Å²) < 4.78 is 15.8. The fourth-order valence-corrected chi connectivity index (χ4v) is 1.93. The Kier molecular flexibility index (Phi) is 4.09. The Hall–Kier alpha value is -1.69. The predicted octanol–water partition coefficient (Wildman–Crippen LogP) is 1.18. The molecule has 0 radical (unpaired) electrons. The molecular formula is C12H18FN5. The first-order valence-electron chi connectivity index (χ1n) is 5.97. The first-order valence-corrected chi connectivity index (χ1v) is 5.97. The number of aryl methyl sites for hydroxylation is 3. The largest absolute Gasteiger partial charge is 0.306 e. The SMILES string of the molecule is Cc1cnn(C)c1CNCc1ccnn1CCF. The third-order valence-electron chi connectivity index (χ3n) is 2.97. The number of halogens is 1. The van der Waals surface area contributed by atoms with E-state index in [1.165, 1.54) is 5.56 Å². The van der Waals surface area contributed by atoms with Crippen molar-refractivity contribution >= 4 is 0 Å². The van der Waals surface area contributed by atoms with Crippen molar-refractivity contribution in [2.24, 2.45) is 7.05 Å². The summed E-state index contributed by atoms with van der Waals surface area (Å²) in [5.41, 5.74) is 3.32. The zero-order valence-electron chi connectivity index (χ0n) is 10.7. The molecule has 0 atom stereocenters. The Morgan fingerprint density at radius 1 is 1.33 bits per heavy atom. The van der Waals surface area contributed by atoms with Gasteiger partial charge in [0, 0.05) is 26.3 Å². The monoisotopic (exact) mass is 251 g/mol. The summed E-state index contributed by atoms with van der Waals surface area (Å²) in [6.45, 7) is 3.37. The van der Waals surface area contributed by atoms with Crippen LogP contribution < -0.4 is 5.32 Å². The molecule has 0 spiro atoms. The molecule has 0 saturated carbocycles. The molecule has 2 aromatic heterocycles. The molecule has 0 amide bonds. The van der Waals surface area contributed by atoms with E-state index >= 15 is 0 Å². The van der Waals surface area contributed by atoms with Gasteiger partial charge in [-0.05, 0) is 18.6 Å². The average Bonchev–Trinajstić information content (AvgIpc) is 2.91. The van der Waals surface area contributed by atoms with Crippen LogP contribution in [0.1, 0.15) is 17.0 Å². The molecule has 0 aliphatic rings. The first-order chi connectivity index (χ1) is 8.72. The van der Waals surface area contributed by atoms with Gasteiger partial charge < -0.3 is 5.32 Å². The van der Waals surface area contributed by atoms with E-state index in [0.29, 0.717) is 13.1 Å². The second kappa shape index (κ2) is 5.77. The lowest BCUT2D eigenvalue weighted by Crippen LogP contribution is -2.19. The van der Waals surface area contributed by atoms with Crippen molar-refractivity contribution in [3.05, 3.63) is 35.4 Å². The highest BCUT2D eigenvalue weighted by atomic mass is 19.1. The number of alkyl halides is 1. The summed E-state index contributed by atoms with van der Waals surface area (Å²) >= 11 is 0. The van der Waals surface area contributed by atoms with E-state index in [4.69, 9.17) is 0 Å². The van der Waals surface area contributed by atoms with Crippen molar-refractivity contribution in [1.29, 1.82) is 0 Å². The van der Waals surface area contributed by atoms with Crippen LogP contribution in [0, 0.1) is 6.92 Å². The van der Waals surface area contributed by atoms with Crippen LogP contribution >= 0.6 is 0 Å². The number of nitrogens with zero attached hydrogens (tertiary/aromatic N) is 4. The zero-order chi connectivity index (χ0) is 13.0. The minimum absolute atomic E-state index is 0.314. The lowest BCUT2D eigenvalue weighted by molar-refractivity contribution is 0.416. The maximum Gasteiger partial charge on any atom is 0.109 e. The second-order valence-corrected chi connectivity index (χ2v) is 4.24. The van der Waals surface area contributed by atoms with Crippen LogP contribution in [0.3, 0.4) is 0 Å². The average molecular weight is 251 g/mol. The Labute approximate surface area is 106 Å². The highest BCUT2D eigenvalue weighted by Crippen LogP contribution is 2.05. The quantitative estimate of drug-likeness (QED) is 0.838. The molecule has 0 aliphatic heterocycles. The molecule has 1 N–H and O–H groups in total. The molecule has 18 heavy (non-hydrogen) atoms. The van der Waals surface area contributed by atoms with Crippen LogP contribution in [0.25, 0.3) is 0 Å². The third-order valence-corrected chi connectivity index (χ3v) is 2.97. The molecule has 0 unspecified atom stereocenters. The Balaban J connectivity index is 1.90. The van der Waals surface area contributed by atoms with E-state index in [-0.39, 0.29) is 0 Å². The predicted molar refractivity (Wildman–Crippen MR) is 66.7 cm³/mol. The van der Waals surface area contributed by atoms with Gasteiger partial charge in [0.2, 0.25) is 0 Å². The van der Waals surface area contributed by atoms with E-state index in [2.05, 4.69) is 15.5 Å². The van der Waals surface area contributed by atoms with Crippen LogP contribution in [0.2, 0.25) is 0 Å². The molecule has 0 aliphatic carbocycles. The van der Waals surface area contributed by atoms with Crippen LogP contribution in [0.15, 0.2) is 18.5 Å². The van der Waals surface area contributed by atoms with Crippen LogP contribution in [-0.4, -0.2) is 26.2 Å². The molecule has 0 fully saturated rings. The van der Waals surface area contributed by atoms with Crippen LogP contribution in [-0.2, 0) is 26.7 Å². The van der Waals surface area contributed by atoms with E-state index in [0.717, 1.165) is 17.9 Å². The van der Waals surface area contributed by atoms with Gasteiger partial charge in [0.15, 0.2) is 0 Å². The fraction of sp³-hybridized carbons (Fsp3) is 0.500. The van der Waals surface area contributed by atoms with Gasteiger partial charge in [-0.15, -0.1) is 0 Å². The Morgan fingerprint density at radius 2 is 2.17 bits per heavy atom. The fourth-order valence-electron chi connectivity index (χ4n) is 1.93. The lowest BCUT2D eigenvalue weighted by Gasteiger charge is -2.08. The minimum Gasteiger partial charge on any atom is -0.306 e. The van der Waals surface area contributed by atoms with Crippen molar-refractivity contribution in [3.63, 3.8) is 0 Å². The van der Waals surface area contributed by atoms with Gasteiger partial charge >= 0.3 is 0 Å². The normalized spacial score (nSPS) is 11.1. The smallest absolute Gasteiger partial charge is 0.109 e. The second-order valence-electron chi connectivity index (χ2n) is 4.24. The van der Waals surface area contributed by atoms with E-state index in [9.17, 15) is 4.39 Å². The number of nitrogens with one attached hydrogen (secondary N) is 1. The molecule has 98 valence electrons. The summed E-state index contributed by atoms with van der Waals surface area (Å²) in [5.74, 6) is 0. The van der Waals surface area contributed by atoms with Gasteiger partial charge in [-0.25, -0.2) is 4.39 Å². The van der Waals surface area contributed by atoms with E-state index in [1.54, 1.807) is 10.9 Å². The first kappa shape index (κ1) is 12.8. The molecule has 0 aromatic carbocycles. The standard InChI is InChI=1S/C12H18FN5/c1-10-7-16-17(2)12(10)9-14-8-11-3-5-15-18(11)6-4-13/h3,5,7,14H,4,6,8-9H2,1-2H3. The van der Waals surface area contributed by atoms with E-state index in [1.807, 2.05) is 30.9 Å². The summed E-state index contributed by atoms with van der Waals surface area (Å²) in [5, 5.41) is 11.6. The zero-order valence-corrected chi connectivity index (χ0v) is 10.7. The van der Waals surface area contributed by atoms with Crippen molar-refractivity contribution in [2.45, 2.75) is 26.6 Å². The highest BCUT2D eigenvalue weighted by Gasteiger charge is 2.05. The van der Waals surface area contributed by atoms with Gasteiger partial charge in [0.25, 0.3) is 0 Å². The highest BCUT2D eigenvalue weighted by molar-refractivity contribution is 5.15. The molecule has 0 saturated heterocycles. The van der Waals surface area contributed by atoms with E-state index < -0.39 is 6.67 Å². The molecule has 2 rings (SSSR count). The number of hydrogen-bond donors (Lipinski definition) is 1. The Morgan fingerprint density at radius 3 is 2.83 bits per heavy atom. The lowest BCUT2D eigenvalue weighted by atomic mass is 10.2. The third kappa shape index (κ3) is 2.76. The van der Waals surface area contributed by atoms with Gasteiger partial charge in [0.1, 0.15) is 6.67 Å². The summed E-state index contributed by atoms with van der Waals surface area (Å²) in [4.78, 5) is 0. The Bertz CT molecular complexity index is 483. The minimum atomic E-state index is -0.393. The molecule has 2 aromatic rings. The van der Waals surface area contributed by atoms with Crippen molar-refractivity contribution in [1.82, 2.24) is 24.9 Å². The molecule has 2 heterocycles. The topological polar surface area (TPSA) is 47.7 Å². The van der Waals surface area contributed by atoms with Crippen LogP contribution in [0.4, 0.5) is 4.39 Å². The van der Waals surface area contributed by atoms with Gasteiger partial charge in [0.05, 0.1) is 24.1 Å². The number of hydrogen-bond acceptors (Lipinski definition) is 3. The summed E-state index contributed by atoms with van der Waals surface area (Å²) in [6, 6.07) is 1.90.